The Kier molecular flexibility index (Phi) is 6.01. The fourth-order valence-electron chi connectivity index (χ4n) is 2.85. The van der Waals surface area contributed by atoms with Crippen LogP contribution < -0.4 is 15.4 Å². The van der Waals surface area contributed by atoms with E-state index in [1.54, 1.807) is 6.07 Å². The monoisotopic (exact) mass is 476 g/mol. The normalized spacial score (nSPS) is 11.3. The summed E-state index contributed by atoms with van der Waals surface area (Å²) in [6.45, 7) is 0. The number of fused-ring (bicyclic) bond motifs is 1. The van der Waals surface area contributed by atoms with Gasteiger partial charge in [0, 0.05) is 29.0 Å². The highest BCUT2D eigenvalue weighted by Crippen LogP contribution is 2.36. The molecule has 33 heavy (non-hydrogen) atoms. The zero-order valence-electron chi connectivity index (χ0n) is 16.5. The van der Waals surface area contributed by atoms with Crippen LogP contribution in [0.1, 0.15) is 5.56 Å². The van der Waals surface area contributed by atoms with E-state index in [2.05, 4.69) is 20.6 Å². The number of carbonyl (C=O) groups is 1. The number of nitrogens with zero attached hydrogens (tertiary/aromatic N) is 2. The first kappa shape index (κ1) is 22.3. The van der Waals surface area contributed by atoms with Crippen LogP contribution in [0.3, 0.4) is 0 Å². The molecular weight excluding hydrogens is 464 g/mol. The SMILES string of the molecule is O=C(Nc1ccc(Oc2ncc3ccc(F)cc3n2)cc1)Nc1ccc(Cl)c(C(F)(F)F)c1. The summed E-state index contributed by atoms with van der Waals surface area (Å²) in [7, 11) is 0. The highest BCUT2D eigenvalue weighted by molar-refractivity contribution is 6.31. The average Bonchev–Trinajstić information content (AvgIpc) is 2.75. The Bertz CT molecular complexity index is 1330. The van der Waals surface area contributed by atoms with Gasteiger partial charge >= 0.3 is 18.2 Å². The Labute approximate surface area is 189 Å². The largest absolute Gasteiger partial charge is 0.424 e. The van der Waals surface area contributed by atoms with Crippen molar-refractivity contribution in [3.63, 3.8) is 0 Å². The minimum atomic E-state index is -4.65. The number of carbonyl (C=O) groups excluding carboxylic acids is 1. The number of alkyl halides is 3. The standard InChI is InChI=1S/C22H13ClF4N4O2/c23-18-8-5-15(10-17(18)22(25,26)27)30-20(32)29-14-3-6-16(7-4-14)33-21-28-11-12-1-2-13(24)9-19(12)31-21/h1-11H,(H2,29,30,32). The minimum Gasteiger partial charge on any atom is -0.424 e. The van der Waals surface area contributed by atoms with Gasteiger partial charge in [0.1, 0.15) is 11.6 Å². The van der Waals surface area contributed by atoms with Gasteiger partial charge in [0.2, 0.25) is 0 Å². The molecule has 0 aliphatic rings. The number of rotatable bonds is 4. The molecule has 2 amide bonds. The maximum Gasteiger partial charge on any atom is 0.417 e. The Morgan fingerprint density at radius 2 is 1.64 bits per heavy atom. The molecule has 2 N–H and O–H groups in total. The van der Waals surface area contributed by atoms with Crippen molar-refractivity contribution in [3.05, 3.63) is 83.3 Å². The molecular formula is C22H13ClF4N4O2. The molecule has 0 fully saturated rings. The molecule has 0 unspecified atom stereocenters. The van der Waals surface area contributed by atoms with Crippen LogP contribution in [0.15, 0.2) is 66.9 Å². The van der Waals surface area contributed by atoms with E-state index in [4.69, 9.17) is 16.3 Å². The second kappa shape index (κ2) is 8.91. The molecule has 0 atom stereocenters. The first-order valence-corrected chi connectivity index (χ1v) is 9.70. The molecule has 6 nitrogen and oxygen atoms in total. The van der Waals surface area contributed by atoms with Crippen molar-refractivity contribution in [2.45, 2.75) is 6.18 Å². The average molecular weight is 477 g/mol. The van der Waals surface area contributed by atoms with E-state index in [9.17, 15) is 22.4 Å². The lowest BCUT2D eigenvalue weighted by molar-refractivity contribution is -0.137. The number of anilines is 2. The number of urea groups is 1. The quantitative estimate of drug-likeness (QED) is 0.315. The van der Waals surface area contributed by atoms with Gasteiger partial charge in [-0.05, 0) is 54.6 Å². The highest BCUT2D eigenvalue weighted by atomic mass is 35.5. The predicted octanol–water partition coefficient (Wildman–Crippen LogP) is 6.88. The number of hydrogen-bond donors (Lipinski definition) is 2. The summed E-state index contributed by atoms with van der Waals surface area (Å²) in [5, 5.41) is 4.99. The number of halogens is 5. The van der Waals surface area contributed by atoms with E-state index in [0.717, 1.165) is 12.1 Å². The number of ether oxygens (including phenoxy) is 1. The predicted molar refractivity (Wildman–Crippen MR) is 115 cm³/mol. The molecule has 0 aliphatic carbocycles. The van der Waals surface area contributed by atoms with E-state index in [1.165, 1.54) is 48.7 Å². The van der Waals surface area contributed by atoms with Crippen LogP contribution in [0.2, 0.25) is 5.02 Å². The third-order valence-electron chi connectivity index (χ3n) is 4.37. The van der Waals surface area contributed by atoms with Crippen molar-refractivity contribution in [2.24, 2.45) is 0 Å². The maximum atomic E-state index is 13.4. The van der Waals surface area contributed by atoms with Gasteiger partial charge in [0.15, 0.2) is 0 Å². The van der Waals surface area contributed by atoms with Crippen molar-refractivity contribution in [1.29, 1.82) is 0 Å². The molecule has 0 radical (unpaired) electrons. The van der Waals surface area contributed by atoms with Crippen molar-refractivity contribution in [3.8, 4) is 11.8 Å². The van der Waals surface area contributed by atoms with E-state index < -0.39 is 28.6 Å². The molecule has 0 spiro atoms. The van der Waals surface area contributed by atoms with Crippen LogP contribution in [0.25, 0.3) is 10.9 Å². The second-order valence-electron chi connectivity index (χ2n) is 6.75. The molecule has 11 heteroatoms. The molecule has 0 saturated carbocycles. The van der Waals surface area contributed by atoms with E-state index in [1.807, 2.05) is 0 Å². The van der Waals surface area contributed by atoms with Crippen LogP contribution in [0.5, 0.6) is 11.8 Å². The van der Waals surface area contributed by atoms with Gasteiger partial charge in [-0.1, -0.05) is 11.6 Å². The number of aromatic nitrogens is 2. The number of hydrogen-bond acceptors (Lipinski definition) is 4. The molecule has 168 valence electrons. The third kappa shape index (κ3) is 5.47. The van der Waals surface area contributed by atoms with Gasteiger partial charge in [-0.25, -0.2) is 14.2 Å². The van der Waals surface area contributed by atoms with Gasteiger partial charge in [-0.2, -0.15) is 18.2 Å². The van der Waals surface area contributed by atoms with Crippen LogP contribution in [-0.2, 0) is 6.18 Å². The number of benzene rings is 3. The second-order valence-corrected chi connectivity index (χ2v) is 7.16. The van der Waals surface area contributed by atoms with Gasteiger partial charge in [-0.15, -0.1) is 0 Å². The topological polar surface area (TPSA) is 76.1 Å². The molecule has 4 aromatic rings. The highest BCUT2D eigenvalue weighted by Gasteiger charge is 2.33. The molecule has 0 bridgehead atoms. The molecule has 4 rings (SSSR count). The number of nitrogens with one attached hydrogen (secondary N) is 2. The first-order valence-electron chi connectivity index (χ1n) is 9.32. The van der Waals surface area contributed by atoms with Crippen molar-refractivity contribution >= 4 is 39.9 Å². The summed E-state index contributed by atoms with van der Waals surface area (Å²) in [6.07, 6.45) is -3.15. The lowest BCUT2D eigenvalue weighted by Crippen LogP contribution is -2.19. The smallest absolute Gasteiger partial charge is 0.417 e. The molecule has 3 aromatic carbocycles. The molecule has 0 aliphatic heterocycles. The molecule has 1 heterocycles. The maximum absolute atomic E-state index is 13.4. The Hall–Kier alpha value is -3.92. The summed E-state index contributed by atoms with van der Waals surface area (Å²) in [4.78, 5) is 20.3. The van der Waals surface area contributed by atoms with Crippen LogP contribution in [0.4, 0.5) is 33.7 Å². The van der Waals surface area contributed by atoms with Gasteiger partial charge in [-0.3, -0.25) is 0 Å². The first-order chi connectivity index (χ1) is 15.7. The van der Waals surface area contributed by atoms with Gasteiger partial charge < -0.3 is 15.4 Å². The van der Waals surface area contributed by atoms with Crippen LogP contribution >= 0.6 is 11.6 Å². The lowest BCUT2D eigenvalue weighted by Gasteiger charge is -2.12. The fourth-order valence-corrected chi connectivity index (χ4v) is 3.08. The lowest BCUT2D eigenvalue weighted by atomic mass is 10.2. The Balaban J connectivity index is 1.40. The van der Waals surface area contributed by atoms with Crippen molar-refractivity contribution in [1.82, 2.24) is 9.97 Å². The van der Waals surface area contributed by atoms with Crippen molar-refractivity contribution < 1.29 is 27.1 Å². The van der Waals surface area contributed by atoms with Gasteiger partial charge in [0.25, 0.3) is 0 Å². The van der Waals surface area contributed by atoms with E-state index >= 15 is 0 Å². The minimum absolute atomic E-state index is 0.00904. The fraction of sp³-hybridized carbons (Fsp3) is 0.0455. The third-order valence-corrected chi connectivity index (χ3v) is 4.70. The summed E-state index contributed by atoms with van der Waals surface area (Å²) in [5.74, 6) is -0.0849. The summed E-state index contributed by atoms with van der Waals surface area (Å²) < 4.78 is 57.8. The summed E-state index contributed by atoms with van der Waals surface area (Å²) in [6, 6.07) is 12.5. The van der Waals surface area contributed by atoms with Crippen LogP contribution in [-0.4, -0.2) is 16.0 Å². The van der Waals surface area contributed by atoms with Gasteiger partial charge in [0.05, 0.1) is 16.1 Å². The van der Waals surface area contributed by atoms with Crippen molar-refractivity contribution in [2.75, 3.05) is 10.6 Å². The summed E-state index contributed by atoms with van der Waals surface area (Å²) >= 11 is 5.57. The zero-order valence-corrected chi connectivity index (χ0v) is 17.2. The zero-order chi connectivity index (χ0) is 23.6. The molecule has 0 saturated heterocycles. The number of amides is 2. The van der Waals surface area contributed by atoms with E-state index in [0.29, 0.717) is 22.3 Å². The Morgan fingerprint density at radius 3 is 2.36 bits per heavy atom. The molecule has 1 aromatic heterocycles. The summed E-state index contributed by atoms with van der Waals surface area (Å²) in [5.41, 5.74) is -0.395. The van der Waals surface area contributed by atoms with Crippen LogP contribution in [0, 0.1) is 5.82 Å². The Morgan fingerprint density at radius 1 is 0.939 bits per heavy atom. The van der Waals surface area contributed by atoms with E-state index in [-0.39, 0.29) is 11.7 Å².